The standard InChI is InChI=1S/C14H17IN2O2/c1-9(2)19-14-13(15)10(3)17(16-14)11-7-5-6-8-12(11)18-4/h5-9H,1-4H3. The molecule has 0 saturated heterocycles. The molecule has 5 heteroatoms. The minimum atomic E-state index is 0.105. The number of methoxy groups -OCH3 is 1. The summed E-state index contributed by atoms with van der Waals surface area (Å²) < 4.78 is 14.0. The Kier molecular flexibility index (Phi) is 4.34. The minimum absolute atomic E-state index is 0.105. The number of halogens is 1. The Hall–Kier alpha value is -1.24. The van der Waals surface area contributed by atoms with Crippen LogP contribution in [0.15, 0.2) is 24.3 Å². The van der Waals surface area contributed by atoms with Crippen LogP contribution in [0.1, 0.15) is 19.5 Å². The second kappa shape index (κ2) is 5.81. The first kappa shape index (κ1) is 14.2. The predicted octanol–water partition coefficient (Wildman–Crippen LogP) is 3.58. The van der Waals surface area contributed by atoms with Crippen LogP contribution in [0.3, 0.4) is 0 Å². The number of para-hydroxylation sites is 2. The molecule has 1 heterocycles. The number of hydrogen-bond acceptors (Lipinski definition) is 3. The molecule has 102 valence electrons. The monoisotopic (exact) mass is 372 g/mol. The van der Waals surface area contributed by atoms with Crippen LogP contribution in [0, 0.1) is 10.5 Å². The van der Waals surface area contributed by atoms with E-state index >= 15 is 0 Å². The number of ether oxygens (including phenoxy) is 2. The average molecular weight is 372 g/mol. The molecule has 1 aromatic carbocycles. The molecule has 0 aliphatic rings. The van der Waals surface area contributed by atoms with E-state index in [0.717, 1.165) is 20.7 Å². The van der Waals surface area contributed by atoms with E-state index in [2.05, 4.69) is 27.7 Å². The molecule has 0 saturated carbocycles. The van der Waals surface area contributed by atoms with Crippen molar-refractivity contribution in [1.82, 2.24) is 9.78 Å². The molecule has 4 nitrogen and oxygen atoms in total. The van der Waals surface area contributed by atoms with Crippen LogP contribution in [0.25, 0.3) is 5.69 Å². The van der Waals surface area contributed by atoms with E-state index in [1.165, 1.54) is 0 Å². The first-order chi connectivity index (χ1) is 9.04. The van der Waals surface area contributed by atoms with Crippen molar-refractivity contribution in [3.05, 3.63) is 33.5 Å². The molecule has 0 N–H and O–H groups in total. The number of aromatic nitrogens is 2. The Morgan fingerprint density at radius 1 is 1.26 bits per heavy atom. The van der Waals surface area contributed by atoms with Crippen LogP contribution in [0.4, 0.5) is 0 Å². The van der Waals surface area contributed by atoms with E-state index in [0.29, 0.717) is 5.88 Å². The summed E-state index contributed by atoms with van der Waals surface area (Å²) in [5.74, 6) is 1.46. The first-order valence-corrected chi connectivity index (χ1v) is 7.17. The third-order valence-corrected chi connectivity index (χ3v) is 3.92. The van der Waals surface area contributed by atoms with Gasteiger partial charge in [-0.15, -0.1) is 5.10 Å². The van der Waals surface area contributed by atoms with Crippen LogP contribution < -0.4 is 9.47 Å². The quantitative estimate of drug-likeness (QED) is 0.770. The van der Waals surface area contributed by atoms with Crippen LogP contribution in [0.5, 0.6) is 11.6 Å². The van der Waals surface area contributed by atoms with Gasteiger partial charge in [0.25, 0.3) is 0 Å². The lowest BCUT2D eigenvalue weighted by Gasteiger charge is -2.09. The van der Waals surface area contributed by atoms with Crippen LogP contribution >= 0.6 is 22.6 Å². The van der Waals surface area contributed by atoms with Gasteiger partial charge in [-0.3, -0.25) is 0 Å². The first-order valence-electron chi connectivity index (χ1n) is 6.09. The largest absolute Gasteiger partial charge is 0.494 e. The lowest BCUT2D eigenvalue weighted by atomic mass is 10.3. The summed E-state index contributed by atoms with van der Waals surface area (Å²) in [7, 11) is 1.66. The van der Waals surface area contributed by atoms with Gasteiger partial charge >= 0.3 is 0 Å². The zero-order valence-corrected chi connectivity index (χ0v) is 13.6. The molecule has 0 aliphatic carbocycles. The molecule has 0 bridgehead atoms. The smallest absolute Gasteiger partial charge is 0.247 e. The maximum atomic E-state index is 5.72. The second-order valence-corrected chi connectivity index (χ2v) is 5.53. The van der Waals surface area contributed by atoms with Crippen molar-refractivity contribution in [3.8, 4) is 17.3 Å². The van der Waals surface area contributed by atoms with Crippen molar-refractivity contribution in [2.24, 2.45) is 0 Å². The lowest BCUT2D eigenvalue weighted by Crippen LogP contribution is -2.07. The molecule has 0 fully saturated rings. The highest BCUT2D eigenvalue weighted by molar-refractivity contribution is 14.1. The summed E-state index contributed by atoms with van der Waals surface area (Å²) in [6, 6.07) is 7.81. The molecule has 1 aromatic heterocycles. The second-order valence-electron chi connectivity index (χ2n) is 4.45. The van der Waals surface area contributed by atoms with E-state index in [1.54, 1.807) is 7.11 Å². The third-order valence-electron chi connectivity index (χ3n) is 2.67. The van der Waals surface area contributed by atoms with Crippen molar-refractivity contribution >= 4 is 22.6 Å². The summed E-state index contributed by atoms with van der Waals surface area (Å²) in [6.45, 7) is 6.01. The molecule has 0 unspecified atom stereocenters. The van der Waals surface area contributed by atoms with Gasteiger partial charge in [-0.1, -0.05) is 12.1 Å². The van der Waals surface area contributed by atoms with Gasteiger partial charge in [-0.2, -0.15) is 0 Å². The fourth-order valence-corrected chi connectivity index (χ4v) is 2.26. The van der Waals surface area contributed by atoms with Gasteiger partial charge in [0.2, 0.25) is 5.88 Å². The maximum absolute atomic E-state index is 5.72. The summed E-state index contributed by atoms with van der Waals surface area (Å²) in [5.41, 5.74) is 1.96. The van der Waals surface area contributed by atoms with E-state index < -0.39 is 0 Å². The summed E-state index contributed by atoms with van der Waals surface area (Å²) in [5, 5.41) is 4.54. The molecule has 0 aliphatic heterocycles. The van der Waals surface area contributed by atoms with Gasteiger partial charge in [0, 0.05) is 0 Å². The molecular formula is C14H17IN2O2. The SMILES string of the molecule is COc1ccccc1-n1nc(OC(C)C)c(I)c1C. The van der Waals surface area contributed by atoms with Crippen molar-refractivity contribution in [2.45, 2.75) is 26.9 Å². The molecule has 19 heavy (non-hydrogen) atoms. The van der Waals surface area contributed by atoms with Gasteiger partial charge in [0.05, 0.1) is 22.5 Å². The Labute approximate surface area is 126 Å². The summed E-state index contributed by atoms with van der Waals surface area (Å²) in [6.07, 6.45) is 0.105. The molecule has 0 atom stereocenters. The van der Waals surface area contributed by atoms with Gasteiger partial charge in [-0.05, 0) is 55.5 Å². The van der Waals surface area contributed by atoms with Crippen LogP contribution in [-0.4, -0.2) is 23.0 Å². The van der Waals surface area contributed by atoms with Crippen molar-refractivity contribution in [1.29, 1.82) is 0 Å². The number of benzene rings is 1. The number of hydrogen-bond donors (Lipinski definition) is 0. The van der Waals surface area contributed by atoms with Gasteiger partial charge in [-0.25, -0.2) is 4.68 Å². The maximum Gasteiger partial charge on any atom is 0.247 e. The normalized spacial score (nSPS) is 10.8. The van der Waals surface area contributed by atoms with E-state index in [-0.39, 0.29) is 6.10 Å². The third kappa shape index (κ3) is 2.86. The van der Waals surface area contributed by atoms with E-state index in [9.17, 15) is 0 Å². The van der Waals surface area contributed by atoms with Crippen molar-refractivity contribution in [2.75, 3.05) is 7.11 Å². The zero-order chi connectivity index (χ0) is 14.0. The topological polar surface area (TPSA) is 36.3 Å². The Morgan fingerprint density at radius 2 is 1.95 bits per heavy atom. The van der Waals surface area contributed by atoms with Crippen molar-refractivity contribution in [3.63, 3.8) is 0 Å². The summed E-state index contributed by atoms with van der Waals surface area (Å²) in [4.78, 5) is 0. The zero-order valence-electron chi connectivity index (χ0n) is 11.5. The average Bonchev–Trinajstić information content (AvgIpc) is 2.66. The van der Waals surface area contributed by atoms with Crippen molar-refractivity contribution < 1.29 is 9.47 Å². The summed E-state index contributed by atoms with van der Waals surface area (Å²) >= 11 is 2.26. The van der Waals surface area contributed by atoms with Crippen LogP contribution in [-0.2, 0) is 0 Å². The predicted molar refractivity (Wildman–Crippen MR) is 83.3 cm³/mol. The fourth-order valence-electron chi connectivity index (χ4n) is 1.80. The van der Waals surface area contributed by atoms with Gasteiger partial charge in [0.1, 0.15) is 11.4 Å². The van der Waals surface area contributed by atoms with E-state index in [4.69, 9.17) is 9.47 Å². The molecule has 2 aromatic rings. The molecule has 0 spiro atoms. The number of rotatable bonds is 4. The molecule has 2 rings (SSSR count). The van der Waals surface area contributed by atoms with Gasteiger partial charge in [0.15, 0.2) is 0 Å². The molecular weight excluding hydrogens is 355 g/mol. The minimum Gasteiger partial charge on any atom is -0.494 e. The molecule has 0 radical (unpaired) electrons. The Balaban J connectivity index is 2.51. The molecule has 0 amide bonds. The van der Waals surface area contributed by atoms with Gasteiger partial charge < -0.3 is 9.47 Å². The highest BCUT2D eigenvalue weighted by atomic mass is 127. The fraction of sp³-hybridized carbons (Fsp3) is 0.357. The lowest BCUT2D eigenvalue weighted by molar-refractivity contribution is 0.229. The van der Waals surface area contributed by atoms with Crippen LogP contribution in [0.2, 0.25) is 0 Å². The van der Waals surface area contributed by atoms with E-state index in [1.807, 2.05) is 49.7 Å². The Bertz CT molecular complexity index is 579. The highest BCUT2D eigenvalue weighted by Crippen LogP contribution is 2.29. The Morgan fingerprint density at radius 3 is 2.58 bits per heavy atom. The number of nitrogens with zero attached hydrogens (tertiary/aromatic N) is 2. The highest BCUT2D eigenvalue weighted by Gasteiger charge is 2.17.